The molecule has 0 bridgehead atoms. The predicted molar refractivity (Wildman–Crippen MR) is 130 cm³/mol. The summed E-state index contributed by atoms with van der Waals surface area (Å²) in [5.41, 5.74) is 0.184. The lowest BCUT2D eigenvalue weighted by molar-refractivity contribution is -0.287. The van der Waals surface area contributed by atoms with E-state index in [1.807, 2.05) is 0 Å². The molecule has 1 aromatic heterocycles. The first kappa shape index (κ1) is 33.5. The summed E-state index contributed by atoms with van der Waals surface area (Å²) in [6, 6.07) is -3.52. The monoisotopic (exact) mass is 592 g/mol. The molecular weight excluding hydrogens is 558 g/mol. The molecule has 2 heterocycles. The highest BCUT2D eigenvalue weighted by Gasteiger charge is 2.65. The summed E-state index contributed by atoms with van der Waals surface area (Å²) in [4.78, 5) is 61.2. The maximum atomic E-state index is 16.3. The molecule has 0 aromatic carbocycles. The van der Waals surface area contributed by atoms with E-state index in [0.29, 0.717) is 0 Å². The fraction of sp³-hybridized carbons (Fsp3) is 0.708. The number of carbonyl (C=O) groups excluding carboxylic acids is 5. The smallest absolute Gasteiger partial charge is 0.375 e. The number of rotatable bonds is 12. The number of hydrogen-bond acceptors (Lipinski definition) is 13. The van der Waals surface area contributed by atoms with Crippen LogP contribution < -0.4 is 5.32 Å². The van der Waals surface area contributed by atoms with E-state index in [1.54, 1.807) is 0 Å². The average molecular weight is 593 g/mol. The number of nitrogens with one attached hydrogen (secondary N) is 1. The molecule has 1 aliphatic rings. The number of ether oxygens (including phenoxy) is 6. The second-order valence-electron chi connectivity index (χ2n) is 9.45. The van der Waals surface area contributed by atoms with Crippen molar-refractivity contribution in [1.29, 1.82) is 0 Å². The van der Waals surface area contributed by atoms with Crippen LogP contribution >= 0.6 is 0 Å². The number of carbonyl (C=O) groups is 5. The van der Waals surface area contributed by atoms with E-state index in [2.05, 4.69) is 20.4 Å². The van der Waals surface area contributed by atoms with Gasteiger partial charge in [0.1, 0.15) is 24.4 Å². The van der Waals surface area contributed by atoms with Crippen molar-refractivity contribution in [3.8, 4) is 0 Å². The highest BCUT2D eigenvalue weighted by molar-refractivity contribution is 5.80. The zero-order valence-electron chi connectivity index (χ0n) is 23.6. The van der Waals surface area contributed by atoms with Crippen molar-refractivity contribution < 1.29 is 61.2 Å². The number of hydrogen-bond donors (Lipinski definition) is 1. The van der Waals surface area contributed by atoms with Crippen molar-refractivity contribution in [2.24, 2.45) is 5.92 Å². The van der Waals surface area contributed by atoms with Crippen molar-refractivity contribution in [1.82, 2.24) is 20.3 Å². The first-order valence-corrected chi connectivity index (χ1v) is 12.4. The largest absolute Gasteiger partial charge is 0.465 e. The summed E-state index contributed by atoms with van der Waals surface area (Å²) in [5, 5.41) is 10.2. The van der Waals surface area contributed by atoms with Gasteiger partial charge in [0.2, 0.25) is 5.91 Å². The Morgan fingerprint density at radius 1 is 1.10 bits per heavy atom. The topological polar surface area (TPSA) is 183 Å². The van der Waals surface area contributed by atoms with Crippen molar-refractivity contribution in [2.45, 2.75) is 83.6 Å². The normalized spacial score (nSPS) is 25.5. The number of amides is 1. The van der Waals surface area contributed by atoms with Gasteiger partial charge in [0.25, 0.3) is 0 Å². The fourth-order valence-corrected chi connectivity index (χ4v) is 4.13. The van der Waals surface area contributed by atoms with Gasteiger partial charge in [0, 0.05) is 33.8 Å². The summed E-state index contributed by atoms with van der Waals surface area (Å²) in [6.07, 6.45) is -7.18. The molecular formula is C24H34F2N4O11. The van der Waals surface area contributed by atoms with Gasteiger partial charge in [0.05, 0.1) is 26.0 Å². The summed E-state index contributed by atoms with van der Waals surface area (Å²) < 4.78 is 63.6. The molecule has 0 spiro atoms. The maximum Gasteiger partial charge on any atom is 0.375 e. The third-order valence-electron chi connectivity index (χ3n) is 5.90. The highest BCUT2D eigenvalue weighted by atomic mass is 19.2. The Balaban J connectivity index is 2.82. The van der Waals surface area contributed by atoms with Crippen LogP contribution in [-0.2, 0) is 59.0 Å². The molecule has 1 fully saturated rings. The third kappa shape index (κ3) is 8.16. The van der Waals surface area contributed by atoms with Crippen LogP contribution in [0.5, 0.6) is 0 Å². The van der Waals surface area contributed by atoms with Crippen molar-refractivity contribution in [3.63, 3.8) is 0 Å². The molecule has 17 heteroatoms. The van der Waals surface area contributed by atoms with E-state index in [9.17, 15) is 24.0 Å². The Hall–Kier alpha value is -3.73. The van der Waals surface area contributed by atoms with E-state index >= 15 is 8.78 Å². The quantitative estimate of drug-likeness (QED) is 0.255. The van der Waals surface area contributed by atoms with Crippen LogP contribution in [0.4, 0.5) is 8.78 Å². The van der Waals surface area contributed by atoms with Crippen molar-refractivity contribution in [2.75, 3.05) is 20.8 Å². The molecule has 1 aromatic rings. The molecule has 0 saturated carbocycles. The summed E-state index contributed by atoms with van der Waals surface area (Å²) >= 11 is 0. The first-order valence-electron chi connectivity index (χ1n) is 12.4. The Morgan fingerprint density at radius 2 is 1.73 bits per heavy atom. The number of nitrogens with zero attached hydrogens (tertiary/aromatic N) is 3. The molecule has 230 valence electrons. The molecule has 0 aliphatic carbocycles. The third-order valence-corrected chi connectivity index (χ3v) is 5.90. The van der Waals surface area contributed by atoms with Gasteiger partial charge < -0.3 is 33.7 Å². The number of halogens is 2. The van der Waals surface area contributed by atoms with Crippen LogP contribution in [-0.4, -0.2) is 102 Å². The van der Waals surface area contributed by atoms with E-state index < -0.39 is 84.7 Å². The molecule has 2 rings (SSSR count). The summed E-state index contributed by atoms with van der Waals surface area (Å²) in [6.45, 7) is 5.24. The average Bonchev–Trinajstić information content (AvgIpc) is 3.34. The van der Waals surface area contributed by atoms with E-state index in [0.717, 1.165) is 32.6 Å². The second kappa shape index (κ2) is 14.2. The van der Waals surface area contributed by atoms with E-state index in [1.165, 1.54) is 27.2 Å². The molecule has 4 unspecified atom stereocenters. The molecule has 7 atom stereocenters. The lowest BCUT2D eigenvalue weighted by atomic mass is 9.85. The standard InChI is InChI=1S/C24H34F2N4O11/c1-11(2)22(34)27-17-18(30-8-15(9-36-6)28-29-30)21(25)24(26,23(35)37-7)41-20(17)19(40-14(5)33)16(39-13(4)32)10-38-12(3)31/h8,11,16-21H,9-10H2,1-7H3,(H,27,34)/t16-,17?,18?,19-,20?,21?,24-/m1/s1. The molecule has 41 heavy (non-hydrogen) atoms. The molecule has 1 amide bonds. The Labute approximate surface area is 234 Å². The Kier molecular flexibility index (Phi) is 11.6. The van der Waals surface area contributed by atoms with Crippen LogP contribution in [0.25, 0.3) is 0 Å². The minimum atomic E-state index is -3.85. The number of aromatic nitrogens is 3. The van der Waals surface area contributed by atoms with Gasteiger partial charge in [-0.1, -0.05) is 19.1 Å². The number of methoxy groups -OCH3 is 2. The van der Waals surface area contributed by atoms with Gasteiger partial charge in [-0.3, -0.25) is 19.2 Å². The Morgan fingerprint density at radius 3 is 2.24 bits per heavy atom. The van der Waals surface area contributed by atoms with Gasteiger partial charge in [0.15, 0.2) is 18.4 Å². The van der Waals surface area contributed by atoms with Crippen molar-refractivity contribution in [3.05, 3.63) is 11.9 Å². The van der Waals surface area contributed by atoms with Gasteiger partial charge in [-0.15, -0.1) is 5.10 Å². The summed E-state index contributed by atoms with van der Waals surface area (Å²) in [7, 11) is 2.15. The van der Waals surface area contributed by atoms with Gasteiger partial charge in [-0.05, 0) is 0 Å². The second-order valence-corrected chi connectivity index (χ2v) is 9.45. The highest BCUT2D eigenvalue weighted by Crippen LogP contribution is 2.42. The number of alkyl halides is 2. The minimum absolute atomic E-state index is 0.0720. The zero-order chi connectivity index (χ0) is 31.1. The molecule has 1 saturated heterocycles. The maximum absolute atomic E-state index is 16.3. The SMILES string of the molecule is COCc1cn(C2C(NC(=O)C(C)C)C([C@H](OC(C)=O)[C@@H](COC(C)=O)OC(C)=O)O[C@@](F)(C(=O)OC)C2F)nn1. The predicted octanol–water partition coefficient (Wildman–Crippen LogP) is 0.109. The van der Waals surface area contributed by atoms with Crippen LogP contribution in [0.1, 0.15) is 46.4 Å². The van der Waals surface area contributed by atoms with E-state index in [-0.39, 0.29) is 12.3 Å². The minimum Gasteiger partial charge on any atom is -0.465 e. The van der Waals surface area contributed by atoms with Gasteiger partial charge in [-0.2, -0.15) is 4.39 Å². The lowest BCUT2D eigenvalue weighted by Gasteiger charge is -2.48. The van der Waals surface area contributed by atoms with Gasteiger partial charge in [-0.25, -0.2) is 13.9 Å². The van der Waals surface area contributed by atoms with Crippen LogP contribution in [0.2, 0.25) is 0 Å². The first-order chi connectivity index (χ1) is 19.2. The van der Waals surface area contributed by atoms with Crippen molar-refractivity contribution >= 4 is 29.8 Å². The molecule has 1 aliphatic heterocycles. The molecule has 1 N–H and O–H groups in total. The molecule has 0 radical (unpaired) electrons. The fourth-order valence-electron chi connectivity index (χ4n) is 4.13. The van der Waals surface area contributed by atoms with Crippen LogP contribution in [0.15, 0.2) is 6.20 Å². The number of esters is 4. The summed E-state index contributed by atoms with van der Waals surface area (Å²) in [5.74, 6) is -9.76. The molecule has 15 nitrogen and oxygen atoms in total. The Bertz CT molecular complexity index is 1120. The van der Waals surface area contributed by atoms with Crippen LogP contribution in [0, 0.1) is 5.92 Å². The zero-order valence-corrected chi connectivity index (χ0v) is 23.6. The van der Waals surface area contributed by atoms with Crippen LogP contribution in [0.3, 0.4) is 0 Å². The lowest BCUT2D eigenvalue weighted by Crippen LogP contribution is -2.70. The van der Waals surface area contributed by atoms with Gasteiger partial charge >= 0.3 is 29.7 Å². The van der Waals surface area contributed by atoms with E-state index in [4.69, 9.17) is 23.7 Å².